The number of hydrogen-bond acceptors (Lipinski definition) is 1. The van der Waals surface area contributed by atoms with Crippen LogP contribution >= 0.6 is 7.49 Å². The first-order chi connectivity index (χ1) is 16.3. The van der Waals surface area contributed by atoms with Crippen molar-refractivity contribution in [3.8, 4) is 5.69 Å². The predicted molar refractivity (Wildman–Crippen MR) is 142 cm³/mol. The van der Waals surface area contributed by atoms with Crippen LogP contribution in [-0.2, 0) is 0 Å². The highest BCUT2D eigenvalue weighted by atomic mass is 31.2. The maximum atomic E-state index is 12.2. The number of rotatable bonds is 4. The standard InChI is InChI=1S/C30H23NOP/c32-33(24-11-3-1-4-12-24,25-13-5-2-6-14-25)26-21-19-23(20-22-26)31-29-17-9-7-15-27(29)28-16-8-10-18-30(28)31/h1-22,32H/q+1. The van der Waals surface area contributed by atoms with Gasteiger partial charge in [0.25, 0.3) is 0 Å². The Bertz CT molecular complexity index is 1460. The fraction of sp³-hybridized carbons (Fsp3) is 0. The number of benzene rings is 5. The van der Waals surface area contributed by atoms with Crippen molar-refractivity contribution in [2.45, 2.75) is 0 Å². The van der Waals surface area contributed by atoms with E-state index in [9.17, 15) is 4.89 Å². The molecule has 0 saturated heterocycles. The maximum absolute atomic E-state index is 12.2. The van der Waals surface area contributed by atoms with Crippen molar-refractivity contribution in [2.75, 3.05) is 0 Å². The zero-order chi connectivity index (χ0) is 22.3. The summed E-state index contributed by atoms with van der Waals surface area (Å²) in [6.07, 6.45) is 0. The Balaban J connectivity index is 1.54. The summed E-state index contributed by atoms with van der Waals surface area (Å²) in [5, 5.41) is 5.36. The van der Waals surface area contributed by atoms with Crippen LogP contribution < -0.4 is 15.9 Å². The molecule has 0 saturated carbocycles. The molecule has 1 N–H and O–H groups in total. The van der Waals surface area contributed by atoms with Gasteiger partial charge in [-0.25, -0.2) is 4.89 Å². The van der Waals surface area contributed by atoms with E-state index in [4.69, 9.17) is 0 Å². The lowest BCUT2D eigenvalue weighted by atomic mass is 10.2. The second kappa shape index (κ2) is 8.01. The van der Waals surface area contributed by atoms with E-state index < -0.39 is 7.49 Å². The van der Waals surface area contributed by atoms with Gasteiger partial charge in [-0.2, -0.15) is 0 Å². The summed E-state index contributed by atoms with van der Waals surface area (Å²) in [6.45, 7) is 0. The topological polar surface area (TPSA) is 25.2 Å². The molecular formula is C30H23NOP+. The molecule has 33 heavy (non-hydrogen) atoms. The number of para-hydroxylation sites is 2. The van der Waals surface area contributed by atoms with Crippen molar-refractivity contribution < 1.29 is 4.89 Å². The molecule has 6 rings (SSSR count). The number of hydrogen-bond donors (Lipinski definition) is 1. The largest absolute Gasteiger partial charge is 0.309 e. The lowest BCUT2D eigenvalue weighted by Crippen LogP contribution is -2.30. The van der Waals surface area contributed by atoms with Gasteiger partial charge in [-0.3, -0.25) is 0 Å². The smallest absolute Gasteiger partial charge is 0.238 e. The Kier molecular flexibility index (Phi) is 4.84. The normalized spacial score (nSPS) is 11.8. The van der Waals surface area contributed by atoms with E-state index in [1.165, 1.54) is 21.8 Å². The van der Waals surface area contributed by atoms with E-state index in [0.29, 0.717) is 0 Å². The zero-order valence-electron chi connectivity index (χ0n) is 18.0. The van der Waals surface area contributed by atoms with Crippen molar-refractivity contribution in [3.05, 3.63) is 133 Å². The minimum atomic E-state index is -2.73. The molecule has 6 aromatic rings. The molecule has 0 unspecified atom stereocenters. The van der Waals surface area contributed by atoms with Crippen LogP contribution in [0.2, 0.25) is 0 Å². The van der Waals surface area contributed by atoms with Crippen molar-refractivity contribution in [3.63, 3.8) is 0 Å². The molecule has 2 nitrogen and oxygen atoms in total. The third-order valence-corrected chi connectivity index (χ3v) is 9.46. The average Bonchev–Trinajstić information content (AvgIpc) is 3.24. The van der Waals surface area contributed by atoms with E-state index >= 15 is 0 Å². The van der Waals surface area contributed by atoms with Crippen molar-refractivity contribution in [1.29, 1.82) is 0 Å². The molecule has 0 amide bonds. The fourth-order valence-electron chi connectivity index (χ4n) is 4.75. The summed E-state index contributed by atoms with van der Waals surface area (Å²) in [5.74, 6) is 0. The van der Waals surface area contributed by atoms with E-state index in [1.54, 1.807) is 0 Å². The summed E-state index contributed by atoms with van der Waals surface area (Å²) >= 11 is 0. The first-order valence-corrected chi connectivity index (χ1v) is 12.8. The quantitative estimate of drug-likeness (QED) is 0.332. The molecule has 1 heterocycles. The molecule has 0 aliphatic carbocycles. The minimum absolute atomic E-state index is 0.949. The van der Waals surface area contributed by atoms with Crippen LogP contribution in [-0.4, -0.2) is 9.46 Å². The van der Waals surface area contributed by atoms with Gasteiger partial charge in [-0.1, -0.05) is 72.8 Å². The summed E-state index contributed by atoms with van der Waals surface area (Å²) in [4.78, 5) is 12.2. The lowest BCUT2D eigenvalue weighted by Gasteiger charge is -2.20. The van der Waals surface area contributed by atoms with Gasteiger partial charge in [0.1, 0.15) is 15.9 Å². The Labute approximate surface area is 193 Å². The third-order valence-electron chi connectivity index (χ3n) is 6.32. The van der Waals surface area contributed by atoms with Crippen LogP contribution in [0.15, 0.2) is 133 Å². The minimum Gasteiger partial charge on any atom is -0.309 e. The van der Waals surface area contributed by atoms with Crippen LogP contribution in [0, 0.1) is 0 Å². The average molecular weight is 444 g/mol. The monoisotopic (exact) mass is 444 g/mol. The van der Waals surface area contributed by atoms with Crippen LogP contribution in [0.4, 0.5) is 0 Å². The molecule has 5 aromatic carbocycles. The molecule has 0 radical (unpaired) electrons. The Morgan fingerprint density at radius 2 is 0.818 bits per heavy atom. The molecular weight excluding hydrogens is 421 g/mol. The van der Waals surface area contributed by atoms with Gasteiger partial charge in [-0.05, 0) is 60.7 Å². The van der Waals surface area contributed by atoms with E-state index in [1.807, 2.05) is 60.7 Å². The van der Waals surface area contributed by atoms with Gasteiger partial charge in [0.05, 0.1) is 11.0 Å². The predicted octanol–water partition coefficient (Wildman–Crippen LogP) is 5.98. The molecule has 3 heteroatoms. The van der Waals surface area contributed by atoms with Crippen LogP contribution in [0.3, 0.4) is 0 Å². The van der Waals surface area contributed by atoms with E-state index in [2.05, 4.69) is 77.4 Å². The van der Waals surface area contributed by atoms with E-state index in [-0.39, 0.29) is 0 Å². The second-order valence-electron chi connectivity index (χ2n) is 8.19. The highest BCUT2D eigenvalue weighted by Gasteiger charge is 2.44. The number of nitrogens with zero attached hydrogens (tertiary/aromatic N) is 1. The van der Waals surface area contributed by atoms with Crippen molar-refractivity contribution in [2.24, 2.45) is 0 Å². The van der Waals surface area contributed by atoms with E-state index in [0.717, 1.165) is 21.6 Å². The van der Waals surface area contributed by atoms with Crippen LogP contribution in [0.5, 0.6) is 0 Å². The number of aromatic nitrogens is 1. The van der Waals surface area contributed by atoms with Gasteiger partial charge in [0.15, 0.2) is 0 Å². The zero-order valence-corrected chi connectivity index (χ0v) is 18.9. The second-order valence-corrected chi connectivity index (χ2v) is 11.0. The summed E-state index contributed by atoms with van der Waals surface area (Å²) < 4.78 is 2.30. The summed E-state index contributed by atoms with van der Waals surface area (Å²) in [7, 11) is -2.73. The molecule has 0 fully saturated rings. The maximum Gasteiger partial charge on any atom is 0.238 e. The summed E-state index contributed by atoms with van der Waals surface area (Å²) in [6, 6.07) is 45.6. The van der Waals surface area contributed by atoms with Crippen molar-refractivity contribution in [1.82, 2.24) is 4.57 Å². The van der Waals surface area contributed by atoms with Gasteiger partial charge >= 0.3 is 0 Å². The van der Waals surface area contributed by atoms with Gasteiger partial charge in [0.2, 0.25) is 7.49 Å². The third kappa shape index (κ3) is 3.19. The van der Waals surface area contributed by atoms with Crippen molar-refractivity contribution >= 4 is 45.2 Å². The summed E-state index contributed by atoms with van der Waals surface area (Å²) in [5.41, 5.74) is 3.45. The van der Waals surface area contributed by atoms with Crippen LogP contribution in [0.1, 0.15) is 0 Å². The molecule has 0 aliphatic rings. The Morgan fingerprint density at radius 3 is 1.30 bits per heavy atom. The van der Waals surface area contributed by atoms with Gasteiger partial charge < -0.3 is 4.57 Å². The molecule has 0 aliphatic heterocycles. The first-order valence-electron chi connectivity index (χ1n) is 11.1. The molecule has 0 spiro atoms. The highest BCUT2D eigenvalue weighted by Crippen LogP contribution is 2.50. The number of fused-ring (bicyclic) bond motifs is 3. The Hall–Kier alpha value is -3.71. The van der Waals surface area contributed by atoms with Crippen LogP contribution in [0.25, 0.3) is 27.5 Å². The SMILES string of the molecule is O[P+](c1ccccc1)(c1ccccc1)c1ccc(-n2c3ccccc3c3ccccc32)cc1. The molecule has 0 atom stereocenters. The molecule has 0 bridgehead atoms. The fourth-order valence-corrected chi connectivity index (χ4v) is 7.44. The first kappa shape index (κ1) is 19.9. The van der Waals surface area contributed by atoms with Gasteiger partial charge in [0, 0.05) is 16.5 Å². The highest BCUT2D eigenvalue weighted by molar-refractivity contribution is 7.91. The van der Waals surface area contributed by atoms with Gasteiger partial charge in [-0.15, -0.1) is 0 Å². The Morgan fingerprint density at radius 1 is 0.424 bits per heavy atom. The molecule has 1 aromatic heterocycles. The lowest BCUT2D eigenvalue weighted by molar-refractivity contribution is 0.633. The molecule has 158 valence electrons.